The van der Waals surface area contributed by atoms with Crippen molar-refractivity contribution in [2.45, 2.75) is 66.0 Å². The van der Waals surface area contributed by atoms with Crippen molar-refractivity contribution in [1.29, 1.82) is 0 Å². The molecule has 0 radical (unpaired) electrons. The molecule has 0 aliphatic heterocycles. The van der Waals surface area contributed by atoms with Gasteiger partial charge < -0.3 is 19.9 Å². The predicted molar refractivity (Wildman–Crippen MR) is 129 cm³/mol. The molecule has 2 heterocycles. The van der Waals surface area contributed by atoms with E-state index in [-0.39, 0.29) is 24.0 Å². The van der Waals surface area contributed by atoms with E-state index in [0.29, 0.717) is 29.5 Å². The van der Waals surface area contributed by atoms with Gasteiger partial charge in [0.05, 0.1) is 39.2 Å². The second kappa shape index (κ2) is 10.7. The van der Waals surface area contributed by atoms with Gasteiger partial charge in [0.2, 0.25) is 0 Å². The number of carbonyl (C=O) groups is 2. The van der Waals surface area contributed by atoms with Crippen molar-refractivity contribution in [3.05, 3.63) is 33.8 Å². The van der Waals surface area contributed by atoms with Gasteiger partial charge in [-0.2, -0.15) is 0 Å². The molecule has 1 aliphatic carbocycles. The van der Waals surface area contributed by atoms with Gasteiger partial charge in [0.15, 0.2) is 0 Å². The molecule has 3 rings (SSSR count). The van der Waals surface area contributed by atoms with Gasteiger partial charge in [-0.15, -0.1) is 11.3 Å². The van der Waals surface area contributed by atoms with Gasteiger partial charge >= 0.3 is 12.1 Å². The van der Waals surface area contributed by atoms with Crippen molar-refractivity contribution in [3.8, 4) is 16.3 Å². The van der Waals surface area contributed by atoms with Crippen LogP contribution < -0.4 is 10.1 Å². The van der Waals surface area contributed by atoms with E-state index in [4.69, 9.17) is 26.1 Å². The molecule has 7 nitrogen and oxygen atoms in total. The average Bonchev–Trinajstić information content (AvgIpc) is 3.12. The normalized spacial score (nSPS) is 18.6. The van der Waals surface area contributed by atoms with Crippen LogP contribution in [-0.4, -0.2) is 34.9 Å². The van der Waals surface area contributed by atoms with Crippen molar-refractivity contribution in [1.82, 2.24) is 10.3 Å². The lowest BCUT2D eigenvalue weighted by Gasteiger charge is -2.27. The molecular weight excluding hydrogens is 464 g/mol. The third-order valence-corrected chi connectivity index (χ3v) is 6.71. The third-order valence-electron chi connectivity index (χ3n) is 5.38. The van der Waals surface area contributed by atoms with Crippen molar-refractivity contribution in [3.63, 3.8) is 0 Å². The fraction of sp³-hybridized carbons (Fsp3) is 0.542. The fourth-order valence-corrected chi connectivity index (χ4v) is 4.94. The first-order valence-electron chi connectivity index (χ1n) is 11.1. The van der Waals surface area contributed by atoms with Crippen molar-refractivity contribution >= 4 is 35.0 Å². The standard InChI is InChI=1S/C24H31ClN2O5S/c1-14-19(32-17-7-5-6-15(10-17)22(28)29)9-8-18(27-14)21-16(11-20(25)33-21)12-26-23(30)31-13-24(2,3)4/h8-9,11,15,17H,5-7,10,12-13H2,1-4H3,(H,26,30)(H,28,29)/t15-,17-/m0/s1. The van der Waals surface area contributed by atoms with Crippen molar-refractivity contribution in [2.24, 2.45) is 11.3 Å². The van der Waals surface area contributed by atoms with Gasteiger partial charge in [0.25, 0.3) is 0 Å². The number of hydrogen-bond donors (Lipinski definition) is 2. The quantitative estimate of drug-likeness (QED) is 0.485. The number of carboxylic acid groups (broad SMARTS) is 1. The minimum absolute atomic E-state index is 0.106. The van der Waals surface area contributed by atoms with Crippen LogP contribution in [0.2, 0.25) is 4.34 Å². The van der Waals surface area contributed by atoms with Crippen molar-refractivity contribution in [2.75, 3.05) is 6.61 Å². The van der Waals surface area contributed by atoms with E-state index in [9.17, 15) is 14.7 Å². The monoisotopic (exact) mass is 494 g/mol. The first kappa shape index (κ1) is 25.3. The Labute approximate surface area is 203 Å². The summed E-state index contributed by atoms with van der Waals surface area (Å²) in [6.45, 7) is 8.46. The van der Waals surface area contributed by atoms with Crippen LogP contribution in [0.4, 0.5) is 4.79 Å². The summed E-state index contributed by atoms with van der Waals surface area (Å²) in [5, 5.41) is 12.1. The number of aryl methyl sites for hydroxylation is 1. The number of alkyl carbamates (subject to hydrolysis) is 1. The van der Waals surface area contributed by atoms with Gasteiger partial charge in [-0.05, 0) is 61.8 Å². The number of amides is 1. The molecule has 9 heteroatoms. The highest BCUT2D eigenvalue weighted by molar-refractivity contribution is 7.19. The smallest absolute Gasteiger partial charge is 0.407 e. The molecule has 1 amide bonds. The molecule has 0 aromatic carbocycles. The Bertz CT molecular complexity index is 1000. The lowest BCUT2D eigenvalue weighted by Crippen LogP contribution is -2.29. The number of aliphatic carboxylic acids is 1. The van der Waals surface area contributed by atoms with Crippen LogP contribution in [0.1, 0.15) is 57.7 Å². The van der Waals surface area contributed by atoms with Crippen LogP contribution in [0.15, 0.2) is 18.2 Å². The maximum absolute atomic E-state index is 12.0. The van der Waals surface area contributed by atoms with E-state index in [1.54, 1.807) is 0 Å². The van der Waals surface area contributed by atoms with E-state index in [0.717, 1.165) is 34.7 Å². The molecule has 1 fully saturated rings. The molecule has 2 aromatic heterocycles. The van der Waals surface area contributed by atoms with Crippen molar-refractivity contribution < 1.29 is 24.2 Å². The number of ether oxygens (including phenoxy) is 2. The number of hydrogen-bond acceptors (Lipinski definition) is 6. The number of halogens is 1. The maximum atomic E-state index is 12.0. The van der Waals surface area contributed by atoms with Gasteiger partial charge in [0, 0.05) is 6.54 Å². The molecule has 0 unspecified atom stereocenters. The van der Waals surface area contributed by atoms with Crippen LogP contribution in [-0.2, 0) is 16.1 Å². The summed E-state index contributed by atoms with van der Waals surface area (Å²) in [6.07, 6.45) is 2.30. The Morgan fingerprint density at radius 1 is 1.30 bits per heavy atom. The molecule has 0 spiro atoms. The first-order chi connectivity index (χ1) is 15.5. The number of nitrogens with one attached hydrogen (secondary N) is 1. The number of carboxylic acids is 1. The Morgan fingerprint density at radius 2 is 2.06 bits per heavy atom. The van der Waals surface area contributed by atoms with Gasteiger partial charge in [0.1, 0.15) is 5.75 Å². The molecule has 0 saturated heterocycles. The Hall–Kier alpha value is -2.32. The number of nitrogens with zero attached hydrogens (tertiary/aromatic N) is 1. The number of pyridine rings is 1. The Morgan fingerprint density at radius 3 is 2.73 bits per heavy atom. The van der Waals surface area contributed by atoms with Gasteiger partial charge in [-0.25, -0.2) is 9.78 Å². The average molecular weight is 495 g/mol. The third kappa shape index (κ3) is 7.33. The highest BCUT2D eigenvalue weighted by Crippen LogP contribution is 2.36. The molecule has 2 N–H and O–H groups in total. The molecule has 180 valence electrons. The molecular formula is C24H31ClN2O5S. The summed E-state index contributed by atoms with van der Waals surface area (Å²) in [5.41, 5.74) is 2.21. The summed E-state index contributed by atoms with van der Waals surface area (Å²) < 4.78 is 12.0. The largest absolute Gasteiger partial charge is 0.489 e. The summed E-state index contributed by atoms with van der Waals surface area (Å²) >= 11 is 7.66. The Balaban J connectivity index is 1.67. The predicted octanol–water partition coefficient (Wildman–Crippen LogP) is 6.07. The number of rotatable bonds is 7. The highest BCUT2D eigenvalue weighted by atomic mass is 35.5. The van der Waals surface area contributed by atoms with Crippen LogP contribution in [0.25, 0.3) is 10.6 Å². The second-order valence-corrected chi connectivity index (χ2v) is 11.3. The van der Waals surface area contributed by atoms with E-state index in [2.05, 4.69) is 5.32 Å². The molecule has 2 atom stereocenters. The number of aromatic nitrogens is 1. The number of carbonyl (C=O) groups excluding carboxylic acids is 1. The molecule has 0 bridgehead atoms. The van der Waals surface area contributed by atoms with Crippen LogP contribution in [0.5, 0.6) is 5.75 Å². The lowest BCUT2D eigenvalue weighted by atomic mass is 9.87. The van der Waals surface area contributed by atoms with Gasteiger partial charge in [-0.1, -0.05) is 32.4 Å². The minimum Gasteiger partial charge on any atom is -0.489 e. The lowest BCUT2D eigenvalue weighted by molar-refractivity contribution is -0.143. The second-order valence-electron chi connectivity index (χ2n) is 9.62. The Kier molecular flexibility index (Phi) is 8.23. The maximum Gasteiger partial charge on any atom is 0.407 e. The molecule has 1 saturated carbocycles. The van der Waals surface area contributed by atoms with Crippen LogP contribution in [0, 0.1) is 18.3 Å². The van der Waals surface area contributed by atoms with Crippen LogP contribution >= 0.6 is 22.9 Å². The van der Waals surface area contributed by atoms with E-state index >= 15 is 0 Å². The van der Waals surface area contributed by atoms with Gasteiger partial charge in [-0.3, -0.25) is 4.79 Å². The van der Waals surface area contributed by atoms with E-state index in [1.807, 2.05) is 45.9 Å². The zero-order chi connectivity index (χ0) is 24.2. The first-order valence-corrected chi connectivity index (χ1v) is 12.3. The SMILES string of the molecule is Cc1nc(-c2sc(Cl)cc2CNC(=O)OCC(C)(C)C)ccc1O[C@H]1CCC[C@H](C(=O)O)C1. The molecule has 1 aliphatic rings. The number of thiophene rings is 1. The summed E-state index contributed by atoms with van der Waals surface area (Å²) in [4.78, 5) is 28.9. The zero-order valence-electron chi connectivity index (χ0n) is 19.4. The summed E-state index contributed by atoms with van der Waals surface area (Å²) in [7, 11) is 0. The minimum atomic E-state index is -0.758. The fourth-order valence-electron chi connectivity index (χ4n) is 3.70. The van der Waals surface area contributed by atoms with Crippen LogP contribution in [0.3, 0.4) is 0 Å². The van der Waals surface area contributed by atoms with E-state index < -0.39 is 12.1 Å². The van der Waals surface area contributed by atoms with E-state index in [1.165, 1.54) is 11.3 Å². The molecule has 2 aromatic rings. The highest BCUT2D eigenvalue weighted by Gasteiger charge is 2.28. The molecule has 33 heavy (non-hydrogen) atoms. The summed E-state index contributed by atoms with van der Waals surface area (Å²) in [5.74, 6) is -0.455. The topological polar surface area (TPSA) is 97.8 Å². The zero-order valence-corrected chi connectivity index (χ0v) is 21.0. The summed E-state index contributed by atoms with van der Waals surface area (Å²) in [6, 6.07) is 5.55.